The smallest absolute Gasteiger partial charge is 0.337 e. The summed E-state index contributed by atoms with van der Waals surface area (Å²) in [5.74, 6) is -0.220. The second-order valence-corrected chi connectivity index (χ2v) is 4.18. The van der Waals surface area contributed by atoms with E-state index in [0.29, 0.717) is 20.4 Å². The molecule has 0 heterocycles. The van der Waals surface area contributed by atoms with E-state index in [9.17, 15) is 4.79 Å². The highest BCUT2D eigenvalue weighted by Crippen LogP contribution is 2.42. The number of hydrogen-bond acceptors (Lipinski definition) is 3. The Kier molecular flexibility index (Phi) is 7.22. The van der Waals surface area contributed by atoms with Crippen LogP contribution in [0.1, 0.15) is 24.2 Å². The number of hydrogen-bond donors (Lipinski definition) is 1. The lowest BCUT2D eigenvalue weighted by Crippen LogP contribution is -2.01. The van der Waals surface area contributed by atoms with Crippen molar-refractivity contribution >= 4 is 37.8 Å². The van der Waals surface area contributed by atoms with E-state index in [4.69, 9.17) is 14.6 Å². The molecule has 0 fully saturated rings. The van der Waals surface area contributed by atoms with Crippen LogP contribution < -0.4 is 9.47 Å². The molecule has 1 N–H and O–H groups in total. The molecule has 1 rings (SSSR count). The Morgan fingerprint density at radius 2 is 1.71 bits per heavy atom. The molecule has 0 amide bonds. The normalized spacial score (nSPS) is 9.06. The number of carboxylic acid groups (broad SMARTS) is 1. The summed E-state index contributed by atoms with van der Waals surface area (Å²) < 4.78 is 11.1. The van der Waals surface area contributed by atoms with Crippen LogP contribution in [-0.2, 0) is 0 Å². The molecular formula is C11H14Br2O4. The number of rotatable bonds is 3. The van der Waals surface area contributed by atoms with Crippen molar-refractivity contribution in [2.45, 2.75) is 13.8 Å². The number of benzene rings is 1. The van der Waals surface area contributed by atoms with Crippen LogP contribution in [0.5, 0.6) is 11.5 Å². The minimum atomic E-state index is -1.04. The molecule has 0 aromatic heterocycles. The largest absolute Gasteiger partial charge is 0.493 e. The maximum absolute atomic E-state index is 10.9. The molecule has 0 bridgehead atoms. The lowest BCUT2D eigenvalue weighted by Gasteiger charge is -2.12. The van der Waals surface area contributed by atoms with Crippen molar-refractivity contribution in [2.75, 3.05) is 14.2 Å². The van der Waals surface area contributed by atoms with Crippen LogP contribution in [0.3, 0.4) is 0 Å². The fraction of sp³-hybridized carbons (Fsp3) is 0.364. The van der Waals surface area contributed by atoms with E-state index in [1.54, 1.807) is 0 Å². The molecule has 0 saturated heterocycles. The third kappa shape index (κ3) is 3.61. The highest BCUT2D eigenvalue weighted by molar-refractivity contribution is 9.13. The molecule has 4 nitrogen and oxygen atoms in total. The van der Waals surface area contributed by atoms with E-state index in [-0.39, 0.29) is 5.56 Å². The van der Waals surface area contributed by atoms with Crippen LogP contribution in [0.4, 0.5) is 0 Å². The summed E-state index contributed by atoms with van der Waals surface area (Å²) in [5, 5.41) is 8.93. The summed E-state index contributed by atoms with van der Waals surface area (Å²) in [6.07, 6.45) is 0. The number of aromatic carboxylic acids is 1. The summed E-state index contributed by atoms with van der Waals surface area (Å²) in [6, 6.07) is 1.40. The first-order chi connectivity index (χ1) is 8.02. The zero-order chi connectivity index (χ0) is 13.6. The van der Waals surface area contributed by atoms with Crippen LogP contribution in [0.15, 0.2) is 15.0 Å². The minimum absolute atomic E-state index is 0.111. The molecule has 0 aliphatic rings. The summed E-state index contributed by atoms with van der Waals surface area (Å²) in [6.45, 7) is 4.00. The molecule has 1 aromatic carbocycles. The summed E-state index contributed by atoms with van der Waals surface area (Å²) in [7, 11) is 2.93. The van der Waals surface area contributed by atoms with Crippen molar-refractivity contribution in [3.63, 3.8) is 0 Å². The van der Waals surface area contributed by atoms with Gasteiger partial charge in [-0.1, -0.05) is 13.8 Å². The fourth-order valence-electron chi connectivity index (χ4n) is 1.08. The topological polar surface area (TPSA) is 55.8 Å². The number of halogens is 2. The quantitative estimate of drug-likeness (QED) is 0.876. The maximum atomic E-state index is 10.9. The second-order valence-electron chi connectivity index (χ2n) is 2.59. The zero-order valence-electron chi connectivity index (χ0n) is 10.0. The molecule has 0 spiro atoms. The van der Waals surface area contributed by atoms with Crippen LogP contribution in [0.2, 0.25) is 0 Å². The second kappa shape index (κ2) is 7.55. The minimum Gasteiger partial charge on any atom is -0.493 e. The van der Waals surface area contributed by atoms with Crippen LogP contribution in [0, 0.1) is 0 Å². The summed E-state index contributed by atoms with van der Waals surface area (Å²) in [5.41, 5.74) is 0.111. The number of carboxylic acids is 1. The lowest BCUT2D eigenvalue weighted by atomic mass is 10.2. The average Bonchev–Trinajstić information content (AvgIpc) is 2.34. The Labute approximate surface area is 117 Å². The van der Waals surface area contributed by atoms with Gasteiger partial charge in [-0.3, -0.25) is 0 Å². The van der Waals surface area contributed by atoms with Crippen molar-refractivity contribution < 1.29 is 19.4 Å². The molecule has 0 unspecified atom stereocenters. The molecule has 0 saturated carbocycles. The molecule has 0 aliphatic heterocycles. The van der Waals surface area contributed by atoms with E-state index in [0.717, 1.165) is 0 Å². The van der Waals surface area contributed by atoms with Crippen molar-refractivity contribution in [2.24, 2.45) is 0 Å². The van der Waals surface area contributed by atoms with Gasteiger partial charge in [-0.25, -0.2) is 4.79 Å². The maximum Gasteiger partial charge on any atom is 0.337 e. The first-order valence-electron chi connectivity index (χ1n) is 4.86. The van der Waals surface area contributed by atoms with E-state index in [1.807, 2.05) is 13.8 Å². The van der Waals surface area contributed by atoms with E-state index < -0.39 is 5.97 Å². The van der Waals surface area contributed by atoms with Gasteiger partial charge in [0.15, 0.2) is 11.5 Å². The van der Waals surface area contributed by atoms with Crippen molar-refractivity contribution in [3.05, 3.63) is 20.6 Å². The predicted octanol–water partition coefficient (Wildman–Crippen LogP) is 3.95. The highest BCUT2D eigenvalue weighted by Gasteiger charge is 2.19. The van der Waals surface area contributed by atoms with Gasteiger partial charge in [-0.2, -0.15) is 0 Å². The van der Waals surface area contributed by atoms with E-state index >= 15 is 0 Å². The van der Waals surface area contributed by atoms with E-state index in [1.165, 1.54) is 20.3 Å². The van der Waals surface area contributed by atoms with Crippen LogP contribution in [0.25, 0.3) is 0 Å². The Morgan fingerprint density at radius 1 is 1.18 bits per heavy atom. The molecule has 0 aliphatic carbocycles. The highest BCUT2D eigenvalue weighted by atomic mass is 79.9. The molecule has 6 heteroatoms. The number of carbonyl (C=O) groups is 1. The van der Waals surface area contributed by atoms with Gasteiger partial charge in [-0.05, 0) is 37.9 Å². The molecule has 17 heavy (non-hydrogen) atoms. The van der Waals surface area contributed by atoms with Crippen LogP contribution >= 0.6 is 31.9 Å². The van der Waals surface area contributed by atoms with Gasteiger partial charge in [0.1, 0.15) is 0 Å². The fourth-order valence-corrected chi connectivity index (χ4v) is 2.12. The molecule has 0 radical (unpaired) electrons. The number of ether oxygens (including phenoxy) is 2. The van der Waals surface area contributed by atoms with Crippen LogP contribution in [-0.4, -0.2) is 25.3 Å². The Morgan fingerprint density at radius 3 is 2.06 bits per heavy atom. The van der Waals surface area contributed by atoms with E-state index in [2.05, 4.69) is 31.9 Å². The third-order valence-corrected chi connectivity index (χ3v) is 3.89. The Hall–Kier alpha value is -0.750. The van der Waals surface area contributed by atoms with Crippen molar-refractivity contribution in [3.8, 4) is 11.5 Å². The van der Waals surface area contributed by atoms with Gasteiger partial charge in [0.05, 0.1) is 28.7 Å². The molecule has 0 atom stereocenters. The SMILES string of the molecule is CC.COc1cc(C(=O)O)c(Br)c(Br)c1OC. The van der Waals surface area contributed by atoms with Crippen molar-refractivity contribution in [1.29, 1.82) is 0 Å². The van der Waals surface area contributed by atoms with Gasteiger partial charge in [-0.15, -0.1) is 0 Å². The van der Waals surface area contributed by atoms with Gasteiger partial charge < -0.3 is 14.6 Å². The van der Waals surface area contributed by atoms with Gasteiger partial charge in [0.2, 0.25) is 0 Å². The average molecular weight is 370 g/mol. The molecule has 96 valence electrons. The monoisotopic (exact) mass is 368 g/mol. The first kappa shape index (κ1) is 16.2. The standard InChI is InChI=1S/C9H8Br2O4.C2H6/c1-14-5-3-4(9(12)13)6(10)7(11)8(5)15-2;1-2/h3H,1-2H3,(H,12,13);1-2H3. The van der Waals surface area contributed by atoms with Gasteiger partial charge in [0, 0.05) is 0 Å². The van der Waals surface area contributed by atoms with Crippen molar-refractivity contribution in [1.82, 2.24) is 0 Å². The lowest BCUT2D eigenvalue weighted by molar-refractivity contribution is 0.0695. The third-order valence-electron chi connectivity index (χ3n) is 1.78. The predicted molar refractivity (Wildman–Crippen MR) is 73.3 cm³/mol. The Balaban J connectivity index is 0.00000121. The zero-order valence-corrected chi connectivity index (χ0v) is 13.2. The summed E-state index contributed by atoms with van der Waals surface area (Å²) >= 11 is 6.41. The van der Waals surface area contributed by atoms with Gasteiger partial charge in [0.25, 0.3) is 0 Å². The molecular weight excluding hydrogens is 356 g/mol. The number of methoxy groups -OCH3 is 2. The molecule has 1 aromatic rings. The summed E-state index contributed by atoms with van der Waals surface area (Å²) in [4.78, 5) is 10.9. The first-order valence-corrected chi connectivity index (χ1v) is 6.44. The van der Waals surface area contributed by atoms with Gasteiger partial charge >= 0.3 is 5.97 Å². The Bertz CT molecular complexity index is 405.